The number of hydrogen-bond acceptors (Lipinski definition) is 5. The third-order valence-corrected chi connectivity index (χ3v) is 3.05. The molecule has 6 N–H and O–H groups in total. The van der Waals surface area contributed by atoms with Gasteiger partial charge in [-0.3, -0.25) is 11.1 Å². The largest absolute Gasteiger partial charge is 0.480 e. The highest BCUT2D eigenvalue weighted by molar-refractivity contribution is 5.87. The third kappa shape index (κ3) is 1.98. The first-order valence-electron chi connectivity index (χ1n) is 5.34. The second-order valence-electron chi connectivity index (χ2n) is 3.97. The molecule has 0 saturated heterocycles. The highest BCUT2D eigenvalue weighted by atomic mass is 16.4. The van der Waals surface area contributed by atoms with E-state index >= 15 is 0 Å². The zero-order valence-electron chi connectivity index (χ0n) is 9.78. The Morgan fingerprint density at radius 3 is 2.29 bits per heavy atom. The molecule has 0 aromatic heterocycles. The molecule has 0 saturated carbocycles. The molecule has 0 bridgehead atoms. The van der Waals surface area contributed by atoms with Crippen LogP contribution in [0.5, 0.6) is 0 Å². The molecule has 17 heavy (non-hydrogen) atoms. The molecule has 96 valence electrons. The van der Waals surface area contributed by atoms with E-state index in [1.165, 1.54) is 6.20 Å². The van der Waals surface area contributed by atoms with Gasteiger partial charge in [0.2, 0.25) is 5.79 Å². The van der Waals surface area contributed by atoms with Crippen molar-refractivity contribution in [2.75, 3.05) is 0 Å². The summed E-state index contributed by atoms with van der Waals surface area (Å²) in [5.41, 5.74) is 4.71. The van der Waals surface area contributed by atoms with Gasteiger partial charge in [0, 0.05) is 6.20 Å². The molecular weight excluding hydrogens is 226 g/mol. The first kappa shape index (κ1) is 13.5. The van der Waals surface area contributed by atoms with E-state index in [2.05, 4.69) is 10.6 Å². The van der Waals surface area contributed by atoms with Gasteiger partial charge in [-0.15, -0.1) is 0 Å². The van der Waals surface area contributed by atoms with E-state index in [0.717, 1.165) is 0 Å². The summed E-state index contributed by atoms with van der Waals surface area (Å²) in [5, 5.41) is 23.3. The Balaban J connectivity index is 3.26. The number of carboxylic acid groups (broad SMARTS) is 2. The lowest BCUT2D eigenvalue weighted by atomic mass is 9.83. The van der Waals surface area contributed by atoms with E-state index in [-0.39, 0.29) is 6.42 Å². The molecule has 1 aliphatic heterocycles. The van der Waals surface area contributed by atoms with Gasteiger partial charge in [-0.25, -0.2) is 9.59 Å². The average molecular weight is 243 g/mol. The predicted molar refractivity (Wildman–Crippen MR) is 59.9 cm³/mol. The van der Waals surface area contributed by atoms with E-state index in [1.807, 2.05) is 0 Å². The van der Waals surface area contributed by atoms with Crippen molar-refractivity contribution in [2.45, 2.75) is 38.0 Å². The smallest absolute Gasteiger partial charge is 0.360 e. The average Bonchev–Trinajstić information content (AvgIpc) is 2.28. The van der Waals surface area contributed by atoms with Crippen LogP contribution in [0.15, 0.2) is 11.8 Å². The molecular formula is C10H17N3O4. The molecule has 0 aliphatic carbocycles. The van der Waals surface area contributed by atoms with Crippen LogP contribution in [0, 0.1) is 0 Å². The van der Waals surface area contributed by atoms with Gasteiger partial charge in [0.05, 0.1) is 0 Å². The second kappa shape index (κ2) is 4.34. The summed E-state index contributed by atoms with van der Waals surface area (Å²) in [6.07, 6.45) is 2.06. The number of carboxylic acids is 2. The van der Waals surface area contributed by atoms with Gasteiger partial charge in [0.1, 0.15) is 5.54 Å². The maximum atomic E-state index is 11.4. The van der Waals surface area contributed by atoms with E-state index in [4.69, 9.17) is 10.8 Å². The van der Waals surface area contributed by atoms with Crippen molar-refractivity contribution in [1.29, 1.82) is 0 Å². The van der Waals surface area contributed by atoms with Crippen LogP contribution in [-0.2, 0) is 9.59 Å². The normalized spacial score (nSPS) is 32.5. The zero-order valence-corrected chi connectivity index (χ0v) is 9.78. The summed E-state index contributed by atoms with van der Waals surface area (Å²) in [4.78, 5) is 22.4. The first-order valence-corrected chi connectivity index (χ1v) is 5.34. The van der Waals surface area contributed by atoms with Crippen LogP contribution in [0.2, 0.25) is 0 Å². The summed E-state index contributed by atoms with van der Waals surface area (Å²) in [5.74, 6) is -4.46. The molecule has 7 nitrogen and oxygen atoms in total. The molecule has 0 radical (unpaired) electrons. The SMILES string of the molecule is CCC1=CNC(N)(C(=O)O)NC1(CC)C(=O)O. The Morgan fingerprint density at radius 2 is 1.94 bits per heavy atom. The highest BCUT2D eigenvalue weighted by Gasteiger charge is 2.51. The van der Waals surface area contributed by atoms with Crippen molar-refractivity contribution in [3.05, 3.63) is 11.8 Å². The molecule has 2 unspecified atom stereocenters. The van der Waals surface area contributed by atoms with E-state index < -0.39 is 23.3 Å². The maximum Gasteiger partial charge on any atom is 0.360 e. The van der Waals surface area contributed by atoms with Crippen LogP contribution in [0.25, 0.3) is 0 Å². The van der Waals surface area contributed by atoms with E-state index in [1.54, 1.807) is 13.8 Å². The van der Waals surface area contributed by atoms with Gasteiger partial charge < -0.3 is 15.5 Å². The quantitative estimate of drug-likeness (QED) is 0.446. The fourth-order valence-electron chi connectivity index (χ4n) is 1.95. The van der Waals surface area contributed by atoms with Gasteiger partial charge in [0.25, 0.3) is 0 Å². The summed E-state index contributed by atoms with van der Waals surface area (Å²) >= 11 is 0. The number of carbonyl (C=O) groups is 2. The number of hydrogen-bond donors (Lipinski definition) is 5. The Kier molecular flexibility index (Phi) is 3.44. The lowest BCUT2D eigenvalue weighted by Crippen LogP contribution is -2.77. The van der Waals surface area contributed by atoms with Gasteiger partial charge >= 0.3 is 11.9 Å². The van der Waals surface area contributed by atoms with Gasteiger partial charge in [-0.2, -0.15) is 0 Å². The number of nitrogens with two attached hydrogens (primary N) is 1. The summed E-state index contributed by atoms with van der Waals surface area (Å²) in [6, 6.07) is 0. The zero-order chi connectivity index (χ0) is 13.3. The Morgan fingerprint density at radius 1 is 1.35 bits per heavy atom. The van der Waals surface area contributed by atoms with Gasteiger partial charge in [0.15, 0.2) is 0 Å². The van der Waals surface area contributed by atoms with Crippen molar-refractivity contribution >= 4 is 11.9 Å². The standard InChI is InChI=1S/C10H17N3O4/c1-3-6-5-12-10(11,8(16)17)13-9(6,4-2)7(14)15/h5,12-13H,3-4,11H2,1-2H3,(H,14,15)(H,16,17). The van der Waals surface area contributed by atoms with Crippen LogP contribution in [0.1, 0.15) is 26.7 Å². The van der Waals surface area contributed by atoms with Crippen molar-refractivity contribution in [3.63, 3.8) is 0 Å². The van der Waals surface area contributed by atoms with Crippen molar-refractivity contribution in [3.8, 4) is 0 Å². The van der Waals surface area contributed by atoms with Crippen LogP contribution < -0.4 is 16.4 Å². The Labute approximate surface area is 98.7 Å². The number of rotatable bonds is 4. The summed E-state index contributed by atoms with van der Waals surface area (Å²) in [6.45, 7) is 3.46. The number of aliphatic carboxylic acids is 2. The van der Waals surface area contributed by atoms with Gasteiger partial charge in [-0.05, 0) is 18.4 Å². The molecule has 1 heterocycles. The van der Waals surface area contributed by atoms with E-state index in [0.29, 0.717) is 12.0 Å². The van der Waals surface area contributed by atoms with E-state index in [9.17, 15) is 14.7 Å². The highest BCUT2D eigenvalue weighted by Crippen LogP contribution is 2.28. The van der Waals surface area contributed by atoms with Gasteiger partial charge in [-0.1, -0.05) is 13.8 Å². The lowest BCUT2D eigenvalue weighted by Gasteiger charge is -2.43. The number of nitrogens with one attached hydrogen (secondary N) is 2. The molecule has 0 aromatic rings. The first-order chi connectivity index (χ1) is 7.82. The molecule has 7 heteroatoms. The fourth-order valence-corrected chi connectivity index (χ4v) is 1.95. The summed E-state index contributed by atoms with van der Waals surface area (Å²) in [7, 11) is 0. The molecule has 0 spiro atoms. The minimum absolute atomic E-state index is 0.204. The Bertz CT molecular complexity index is 382. The minimum Gasteiger partial charge on any atom is -0.480 e. The maximum absolute atomic E-state index is 11.4. The van der Waals surface area contributed by atoms with Crippen molar-refractivity contribution in [2.24, 2.45) is 5.73 Å². The molecule has 1 rings (SSSR count). The fraction of sp³-hybridized carbons (Fsp3) is 0.600. The third-order valence-electron chi connectivity index (χ3n) is 3.05. The molecule has 0 fully saturated rings. The second-order valence-corrected chi connectivity index (χ2v) is 3.97. The topological polar surface area (TPSA) is 125 Å². The molecule has 1 aliphatic rings. The van der Waals surface area contributed by atoms with Crippen LogP contribution >= 0.6 is 0 Å². The molecule has 0 aromatic carbocycles. The Hall–Kier alpha value is -1.60. The van der Waals surface area contributed by atoms with Crippen LogP contribution in [0.4, 0.5) is 0 Å². The minimum atomic E-state index is -1.97. The molecule has 2 atom stereocenters. The van der Waals surface area contributed by atoms with Crippen molar-refractivity contribution in [1.82, 2.24) is 10.6 Å². The lowest BCUT2D eigenvalue weighted by molar-refractivity contribution is -0.152. The predicted octanol–water partition coefficient (Wildman–Crippen LogP) is -0.596. The van der Waals surface area contributed by atoms with Crippen LogP contribution in [-0.4, -0.2) is 33.5 Å². The summed E-state index contributed by atoms with van der Waals surface area (Å²) < 4.78 is 0. The molecule has 0 amide bonds. The monoisotopic (exact) mass is 243 g/mol. The van der Waals surface area contributed by atoms with Crippen molar-refractivity contribution < 1.29 is 19.8 Å². The van der Waals surface area contributed by atoms with Crippen LogP contribution in [0.3, 0.4) is 0 Å².